The summed E-state index contributed by atoms with van der Waals surface area (Å²) in [5.74, 6) is 0. The van der Waals surface area contributed by atoms with Crippen LogP contribution in [-0.2, 0) is 4.57 Å². The van der Waals surface area contributed by atoms with E-state index < -0.39 is 7.60 Å². The summed E-state index contributed by atoms with van der Waals surface area (Å²) in [6, 6.07) is 0. The van der Waals surface area contributed by atoms with E-state index in [1.54, 1.807) is 0 Å². The Bertz CT molecular complexity index is 116. The molecule has 6 heteroatoms. The van der Waals surface area contributed by atoms with Crippen molar-refractivity contribution in [1.82, 2.24) is 6.15 Å². The summed E-state index contributed by atoms with van der Waals surface area (Å²) in [5, 5.41) is 0. The van der Waals surface area contributed by atoms with E-state index in [-0.39, 0.29) is 43.3 Å². The van der Waals surface area contributed by atoms with Gasteiger partial charge in [-0.25, -0.2) is 0 Å². The standard InChI is InChI=1S/C3H7O3P.H3N.Na.H/c1-2-3-7(4,5)6;;;/h2H,1,3H2,(H2,4,5,6);1H3;;/q;;+1;-1. The second-order valence-corrected chi connectivity index (χ2v) is 2.83. The van der Waals surface area contributed by atoms with E-state index in [4.69, 9.17) is 9.79 Å². The Labute approximate surface area is 77.9 Å². The summed E-state index contributed by atoms with van der Waals surface area (Å²) >= 11 is 0. The maximum atomic E-state index is 9.85. The molecule has 0 saturated heterocycles. The van der Waals surface area contributed by atoms with Crippen LogP contribution in [0.2, 0.25) is 0 Å². The molecule has 0 aliphatic rings. The number of hydrogen-bond donors (Lipinski definition) is 3. The number of allylic oxidation sites excluding steroid dienone is 1. The van der Waals surface area contributed by atoms with E-state index >= 15 is 0 Å². The van der Waals surface area contributed by atoms with Crippen molar-refractivity contribution in [2.75, 3.05) is 6.16 Å². The van der Waals surface area contributed by atoms with Crippen molar-refractivity contribution < 1.29 is 45.3 Å². The second-order valence-electron chi connectivity index (χ2n) is 1.14. The summed E-state index contributed by atoms with van der Waals surface area (Å²) < 4.78 is 9.85. The van der Waals surface area contributed by atoms with Gasteiger partial charge >= 0.3 is 37.2 Å². The van der Waals surface area contributed by atoms with Gasteiger partial charge in [0.1, 0.15) is 0 Å². The van der Waals surface area contributed by atoms with E-state index in [9.17, 15) is 4.57 Å². The first-order valence-electron chi connectivity index (χ1n) is 1.72. The van der Waals surface area contributed by atoms with Crippen LogP contribution in [0.25, 0.3) is 0 Å². The van der Waals surface area contributed by atoms with Crippen molar-refractivity contribution in [2.24, 2.45) is 0 Å². The third kappa shape index (κ3) is 17.7. The third-order valence-corrected chi connectivity index (χ3v) is 1.10. The van der Waals surface area contributed by atoms with Gasteiger partial charge in [0, 0.05) is 0 Å². The Morgan fingerprint density at radius 2 is 2.00 bits per heavy atom. The molecular weight excluding hydrogens is 152 g/mol. The molecule has 52 valence electrons. The molecule has 4 nitrogen and oxygen atoms in total. The molecule has 0 saturated carbocycles. The van der Waals surface area contributed by atoms with Crippen LogP contribution >= 0.6 is 7.60 Å². The fourth-order valence-electron chi connectivity index (χ4n) is 0.168. The first-order chi connectivity index (χ1) is 3.06. The number of hydrogen-bond acceptors (Lipinski definition) is 2. The Morgan fingerprint density at radius 3 is 2.00 bits per heavy atom. The Hall–Kier alpha value is 0.850. The predicted molar refractivity (Wildman–Crippen MR) is 33.2 cm³/mol. The SMILES string of the molecule is C=CCP(=O)(O)O.N.[H-].[Na+]. The molecule has 0 spiro atoms. The molecule has 0 heterocycles. The first kappa shape index (κ1) is 16.4. The Morgan fingerprint density at radius 1 is 1.67 bits per heavy atom. The Kier molecular flexibility index (Phi) is 12.7. The smallest absolute Gasteiger partial charge is 1.00 e. The summed E-state index contributed by atoms with van der Waals surface area (Å²) in [7, 11) is -3.78. The zero-order valence-corrected chi connectivity index (χ0v) is 8.34. The van der Waals surface area contributed by atoms with Crippen molar-refractivity contribution in [3.63, 3.8) is 0 Å². The van der Waals surface area contributed by atoms with Crippen LogP contribution < -0.4 is 35.7 Å². The Balaban J connectivity index is -0.0000000600. The molecular formula is C3H11NNaO3P. The van der Waals surface area contributed by atoms with Crippen LogP contribution in [0, 0.1) is 0 Å². The van der Waals surface area contributed by atoms with Crippen molar-refractivity contribution in [1.29, 1.82) is 0 Å². The van der Waals surface area contributed by atoms with Gasteiger partial charge < -0.3 is 17.4 Å². The molecule has 0 aromatic carbocycles. The van der Waals surface area contributed by atoms with Crippen LogP contribution in [0.3, 0.4) is 0 Å². The maximum absolute atomic E-state index is 9.85. The maximum Gasteiger partial charge on any atom is 1.00 e. The van der Waals surface area contributed by atoms with Gasteiger partial charge in [0.15, 0.2) is 0 Å². The van der Waals surface area contributed by atoms with Gasteiger partial charge in [-0.05, 0) is 0 Å². The molecule has 0 atom stereocenters. The predicted octanol–water partition coefficient (Wildman–Crippen LogP) is -2.37. The van der Waals surface area contributed by atoms with Crippen molar-refractivity contribution >= 4 is 7.60 Å². The van der Waals surface area contributed by atoms with Crippen LogP contribution in [0.1, 0.15) is 1.43 Å². The number of rotatable bonds is 2. The largest absolute Gasteiger partial charge is 1.00 e. The fraction of sp³-hybridized carbons (Fsp3) is 0.333. The van der Waals surface area contributed by atoms with Crippen molar-refractivity contribution in [3.05, 3.63) is 12.7 Å². The monoisotopic (exact) mass is 163 g/mol. The van der Waals surface area contributed by atoms with Gasteiger partial charge in [0.2, 0.25) is 0 Å². The van der Waals surface area contributed by atoms with Crippen molar-refractivity contribution in [3.8, 4) is 0 Å². The zero-order chi connectivity index (χ0) is 5.91. The van der Waals surface area contributed by atoms with Gasteiger partial charge in [0.25, 0.3) is 0 Å². The molecule has 0 bridgehead atoms. The van der Waals surface area contributed by atoms with Crippen LogP contribution in [0.15, 0.2) is 12.7 Å². The fourth-order valence-corrected chi connectivity index (χ4v) is 0.505. The quantitative estimate of drug-likeness (QED) is 0.241. The molecule has 0 aliphatic heterocycles. The van der Waals surface area contributed by atoms with Crippen molar-refractivity contribution in [2.45, 2.75) is 0 Å². The van der Waals surface area contributed by atoms with E-state index in [1.807, 2.05) is 0 Å². The van der Waals surface area contributed by atoms with E-state index in [2.05, 4.69) is 6.58 Å². The first-order valence-corrected chi connectivity index (χ1v) is 3.51. The summed E-state index contributed by atoms with van der Waals surface area (Å²) in [5.41, 5.74) is 0. The van der Waals surface area contributed by atoms with Gasteiger partial charge in [-0.3, -0.25) is 4.57 Å². The molecule has 0 amide bonds. The molecule has 9 heavy (non-hydrogen) atoms. The van der Waals surface area contributed by atoms with Crippen LogP contribution in [-0.4, -0.2) is 15.9 Å². The molecule has 0 aromatic rings. The molecule has 0 aromatic heterocycles. The molecule has 0 aliphatic carbocycles. The third-order valence-electron chi connectivity index (χ3n) is 0.367. The zero-order valence-electron chi connectivity index (χ0n) is 6.45. The van der Waals surface area contributed by atoms with E-state index in [1.165, 1.54) is 6.08 Å². The minimum Gasteiger partial charge on any atom is -1.00 e. The minimum absolute atomic E-state index is 0. The molecule has 0 unspecified atom stereocenters. The average molecular weight is 163 g/mol. The molecule has 0 radical (unpaired) electrons. The summed E-state index contributed by atoms with van der Waals surface area (Å²) in [6.07, 6.45) is 0.966. The minimum atomic E-state index is -3.78. The van der Waals surface area contributed by atoms with Gasteiger partial charge in [-0.15, -0.1) is 6.58 Å². The normalized spacial score (nSPS) is 8.67. The molecule has 0 rings (SSSR count). The van der Waals surface area contributed by atoms with E-state index in [0.717, 1.165) is 0 Å². The summed E-state index contributed by atoms with van der Waals surface area (Å²) in [4.78, 5) is 16.1. The summed E-state index contributed by atoms with van der Waals surface area (Å²) in [6.45, 7) is 3.15. The average Bonchev–Trinajstić information content (AvgIpc) is 1.30. The van der Waals surface area contributed by atoms with Crippen LogP contribution in [0.4, 0.5) is 0 Å². The molecule has 5 N–H and O–H groups in total. The van der Waals surface area contributed by atoms with Crippen LogP contribution in [0.5, 0.6) is 0 Å². The van der Waals surface area contributed by atoms with Gasteiger partial charge in [0.05, 0.1) is 6.16 Å². The second kappa shape index (κ2) is 6.96. The van der Waals surface area contributed by atoms with Gasteiger partial charge in [-0.2, -0.15) is 0 Å². The molecule has 0 fully saturated rings. The van der Waals surface area contributed by atoms with Gasteiger partial charge in [-0.1, -0.05) is 6.08 Å². The topological polar surface area (TPSA) is 92.5 Å². The van der Waals surface area contributed by atoms with E-state index in [0.29, 0.717) is 0 Å².